The summed E-state index contributed by atoms with van der Waals surface area (Å²) in [5, 5.41) is 0. The van der Waals surface area contributed by atoms with Gasteiger partial charge in [0, 0.05) is 49.0 Å². The van der Waals surface area contributed by atoms with Gasteiger partial charge in [0.15, 0.2) is 0 Å². The van der Waals surface area contributed by atoms with E-state index in [2.05, 4.69) is 22.1 Å². The van der Waals surface area contributed by atoms with Gasteiger partial charge < -0.3 is 9.97 Å². The molecule has 0 atom stereocenters. The Bertz CT molecular complexity index is 1910. The van der Waals surface area contributed by atoms with Gasteiger partial charge in [0.2, 0.25) is 0 Å². The minimum Gasteiger partial charge on any atom is -0.304 e. The van der Waals surface area contributed by atoms with Crippen molar-refractivity contribution in [3.63, 3.8) is 0 Å². The van der Waals surface area contributed by atoms with Gasteiger partial charge >= 0.3 is 0 Å². The molecule has 199 valence electrons. The van der Waals surface area contributed by atoms with E-state index in [0.29, 0.717) is 27.9 Å². The molecule has 0 spiro atoms. The first kappa shape index (κ1) is 19.8. The largest absolute Gasteiger partial charge is 0.304 e. The van der Waals surface area contributed by atoms with Crippen molar-refractivity contribution < 1.29 is 31.1 Å². The molecule has 2 aromatic heterocycles. The maximum absolute atomic E-state index is 8.60. The molecule has 6 aromatic rings. The van der Waals surface area contributed by atoms with Gasteiger partial charge in [-0.1, -0.05) is 78.9 Å². The predicted molar refractivity (Wildman–Crippen MR) is 161 cm³/mol. The van der Waals surface area contributed by atoms with Gasteiger partial charge in [0.1, 0.15) is 0 Å². The monoisotopic (exact) mass is 703 g/mol. The van der Waals surface area contributed by atoms with Gasteiger partial charge in [-0.25, -0.2) is 0 Å². The standard InChI is InChI=1S/C25H20N.C12H10N.Ir/c1-19-15-25(26-18-24(19)22-12-6-3-7-13-22)23-14-8-11-21(17-23)16-20-9-4-2-5-10-20;1-10-7-8-12(13-9-10)11-5-3-2-4-6-11;/h2-13,15,17-18H,16H2,1H3;2-5,7-9H,1H3;/q2*-1;/i1D3,16D2;1D3;. The second kappa shape index (κ2) is 14.3. The number of aryl methyl sites for hydroxylation is 2. The van der Waals surface area contributed by atoms with Gasteiger partial charge in [0.25, 0.3) is 0 Å². The molecular formula is C37H30IrN2-2. The summed E-state index contributed by atoms with van der Waals surface area (Å²) < 4.78 is 62.9. The molecule has 0 aliphatic carbocycles. The summed E-state index contributed by atoms with van der Waals surface area (Å²) in [6.07, 6.45) is 1.25. The zero-order valence-corrected chi connectivity index (χ0v) is 23.8. The van der Waals surface area contributed by atoms with Crippen molar-refractivity contribution in [2.45, 2.75) is 20.1 Å². The predicted octanol–water partition coefficient (Wildman–Crippen LogP) is 8.97. The van der Waals surface area contributed by atoms with Crippen LogP contribution in [0.1, 0.15) is 33.2 Å². The van der Waals surface area contributed by atoms with E-state index < -0.39 is 20.1 Å². The molecular weight excluding hydrogens is 665 g/mol. The SMILES string of the molecule is [2H]C([2H])([2H])c1cc(-c2[c-]ccc(C([2H])([2H])c3ccccc3)c2)ncc1-c1ccccc1.[2H]C([2H])([2H])c1ccc(-c2[c-]cccc2)nc1.[Ir]. The average Bonchev–Trinajstić information content (AvgIpc) is 3.09. The molecule has 0 aliphatic heterocycles. The van der Waals surface area contributed by atoms with E-state index in [-0.39, 0.29) is 31.2 Å². The van der Waals surface area contributed by atoms with Crippen LogP contribution in [0.25, 0.3) is 33.6 Å². The molecule has 2 heterocycles. The molecule has 0 unspecified atom stereocenters. The Labute approximate surface area is 262 Å². The second-order valence-corrected chi connectivity index (χ2v) is 8.67. The Hall–Kier alpha value is -4.17. The molecule has 0 aliphatic rings. The van der Waals surface area contributed by atoms with Crippen molar-refractivity contribution in [3.8, 4) is 33.6 Å². The summed E-state index contributed by atoms with van der Waals surface area (Å²) >= 11 is 0. The van der Waals surface area contributed by atoms with Gasteiger partial charge in [-0.2, -0.15) is 0 Å². The molecule has 6 rings (SSSR count). The van der Waals surface area contributed by atoms with Crippen molar-refractivity contribution in [1.82, 2.24) is 9.97 Å². The smallest absolute Gasteiger partial charge is 0.0349 e. The van der Waals surface area contributed by atoms with E-state index in [9.17, 15) is 0 Å². The van der Waals surface area contributed by atoms with Crippen LogP contribution in [-0.2, 0) is 26.5 Å². The molecule has 0 N–H and O–H groups in total. The molecule has 0 saturated carbocycles. The first-order chi connectivity index (χ1) is 22.3. The summed E-state index contributed by atoms with van der Waals surface area (Å²) in [5.74, 6) is 0. The molecule has 0 fully saturated rings. The molecule has 3 heteroatoms. The van der Waals surface area contributed by atoms with E-state index in [1.54, 1.807) is 72.9 Å². The first-order valence-electron chi connectivity index (χ1n) is 16.4. The number of pyridine rings is 2. The number of nitrogens with zero attached hydrogens (tertiary/aromatic N) is 2. The number of hydrogen-bond donors (Lipinski definition) is 0. The Morgan fingerprint density at radius 1 is 0.650 bits per heavy atom. The van der Waals surface area contributed by atoms with Crippen LogP contribution in [0.2, 0.25) is 0 Å². The fourth-order valence-electron chi connectivity index (χ4n) is 3.94. The maximum atomic E-state index is 8.60. The molecule has 2 nitrogen and oxygen atoms in total. The normalized spacial score (nSPS) is 14.1. The van der Waals surface area contributed by atoms with E-state index >= 15 is 0 Å². The summed E-state index contributed by atoms with van der Waals surface area (Å²) in [6, 6.07) is 41.7. The summed E-state index contributed by atoms with van der Waals surface area (Å²) in [6.45, 7) is -4.41. The van der Waals surface area contributed by atoms with Crippen LogP contribution in [0.3, 0.4) is 0 Å². The van der Waals surface area contributed by atoms with Crippen LogP contribution in [0.4, 0.5) is 0 Å². The molecule has 0 bridgehead atoms. The van der Waals surface area contributed by atoms with Crippen LogP contribution in [-0.4, -0.2) is 9.97 Å². The van der Waals surface area contributed by atoms with Crippen molar-refractivity contribution in [2.75, 3.05) is 0 Å². The quantitative estimate of drug-likeness (QED) is 0.168. The third kappa shape index (κ3) is 7.70. The maximum Gasteiger partial charge on any atom is 0.0349 e. The number of aromatic nitrogens is 2. The third-order valence-corrected chi connectivity index (χ3v) is 5.88. The molecule has 1 radical (unpaired) electrons. The topological polar surface area (TPSA) is 25.8 Å². The van der Waals surface area contributed by atoms with Crippen LogP contribution in [0.5, 0.6) is 0 Å². The molecule has 40 heavy (non-hydrogen) atoms. The average molecular weight is 703 g/mol. The molecule has 4 aromatic carbocycles. The van der Waals surface area contributed by atoms with E-state index in [0.717, 1.165) is 16.8 Å². The first-order valence-corrected chi connectivity index (χ1v) is 12.4. The van der Waals surface area contributed by atoms with Crippen molar-refractivity contribution >= 4 is 0 Å². The van der Waals surface area contributed by atoms with Crippen molar-refractivity contribution in [3.05, 3.63) is 168 Å². The van der Waals surface area contributed by atoms with Gasteiger partial charge in [-0.05, 0) is 53.7 Å². The Balaban J connectivity index is 0.000000258. The Kier molecular flexibility index (Phi) is 7.08. The van der Waals surface area contributed by atoms with Gasteiger partial charge in [-0.3, -0.25) is 0 Å². The zero-order valence-electron chi connectivity index (χ0n) is 29.4. The van der Waals surface area contributed by atoms with Crippen LogP contribution >= 0.6 is 0 Å². The molecule has 0 amide bonds. The second-order valence-electron chi connectivity index (χ2n) is 8.67. The fraction of sp³-hybridized carbons (Fsp3) is 0.0811. The van der Waals surface area contributed by atoms with Crippen molar-refractivity contribution in [2.24, 2.45) is 0 Å². The molecule has 0 saturated heterocycles. The van der Waals surface area contributed by atoms with Crippen molar-refractivity contribution in [1.29, 1.82) is 0 Å². The number of hydrogen-bond acceptors (Lipinski definition) is 2. The summed E-state index contributed by atoms with van der Waals surface area (Å²) in [7, 11) is 0. The minimum absolute atomic E-state index is 0. The Morgan fingerprint density at radius 2 is 1.40 bits per heavy atom. The fourth-order valence-corrected chi connectivity index (χ4v) is 3.94. The third-order valence-electron chi connectivity index (χ3n) is 5.88. The zero-order chi connectivity index (χ0) is 33.7. The van der Waals surface area contributed by atoms with Gasteiger partial charge in [-0.15, -0.1) is 71.3 Å². The summed E-state index contributed by atoms with van der Waals surface area (Å²) in [5.41, 5.74) is 5.37. The van der Waals surface area contributed by atoms with E-state index in [4.69, 9.17) is 11.0 Å². The Morgan fingerprint density at radius 3 is 2.10 bits per heavy atom. The minimum atomic E-state index is -2.32. The van der Waals surface area contributed by atoms with Gasteiger partial charge in [0.05, 0.1) is 0 Å². The number of rotatable bonds is 5. The van der Waals surface area contributed by atoms with Crippen LogP contribution in [0.15, 0.2) is 134 Å². The van der Waals surface area contributed by atoms with Crippen LogP contribution in [0, 0.1) is 25.8 Å². The van der Waals surface area contributed by atoms with E-state index in [1.807, 2.05) is 54.6 Å². The number of benzene rings is 4. The van der Waals surface area contributed by atoms with Crippen LogP contribution < -0.4 is 0 Å². The van der Waals surface area contributed by atoms with E-state index in [1.165, 1.54) is 6.20 Å². The summed E-state index contributed by atoms with van der Waals surface area (Å²) in [4.78, 5) is 8.62.